The highest BCUT2D eigenvalue weighted by Gasteiger charge is 2.40. The van der Waals surface area contributed by atoms with Crippen LogP contribution in [0.2, 0.25) is 0 Å². The van der Waals surface area contributed by atoms with Crippen LogP contribution in [0.3, 0.4) is 0 Å². The Balaban J connectivity index is 0.945. The number of para-hydroxylation sites is 2. The number of rotatable bonds is 9. The standard InChI is InChI=1S/C38H34N4O4S/c1-21-11-14-27-28-15-16-29(27)33(28)32(21)36-40-30-9-5-6-10-31(30)42(36)20-26-13-12-25(47-26)19-39-37(45)34(43)35(44)38(46)41(2)24-17-22-7-3-4-8-23(22)18-24/h3-10,12-16,24,34-35,43-44H,1,11,17-20H2,2H3,(H,39,45)/t34-,35-/m1/s1. The van der Waals surface area contributed by atoms with Gasteiger partial charge in [-0.05, 0) is 76.9 Å². The number of benzene rings is 2. The molecular formula is C38H34N4O4S. The number of nitrogens with zero attached hydrogens (tertiary/aromatic N) is 3. The smallest absolute Gasteiger partial charge is 0.254 e. The number of likely N-dealkylation sites (N-methyl/N-ethyl adjacent to an activating group) is 1. The number of fused-ring (bicyclic) bond motifs is 6. The number of aliphatic hydroxyl groups is 2. The van der Waals surface area contributed by atoms with Gasteiger partial charge in [-0.25, -0.2) is 4.98 Å². The molecule has 3 N–H and O–H groups in total. The monoisotopic (exact) mass is 642 g/mol. The van der Waals surface area contributed by atoms with Crippen LogP contribution >= 0.6 is 11.3 Å². The summed E-state index contributed by atoms with van der Waals surface area (Å²) < 4.78 is 2.24. The van der Waals surface area contributed by atoms with Crippen LogP contribution in [0.1, 0.15) is 33.1 Å². The van der Waals surface area contributed by atoms with E-state index < -0.39 is 24.0 Å². The van der Waals surface area contributed by atoms with E-state index in [1.54, 1.807) is 18.4 Å². The van der Waals surface area contributed by atoms with Gasteiger partial charge in [0, 0.05) is 34.0 Å². The Kier molecular flexibility index (Phi) is 7.20. The first-order chi connectivity index (χ1) is 22.8. The number of carbonyl (C=O) groups excluding carboxylic acids is 2. The Labute approximate surface area is 276 Å². The quantitative estimate of drug-likeness (QED) is 0.247. The molecule has 4 aromatic rings. The van der Waals surface area contributed by atoms with Gasteiger partial charge in [0.2, 0.25) is 0 Å². The molecule has 0 spiro atoms. The van der Waals surface area contributed by atoms with Crippen LogP contribution in [0.5, 0.6) is 0 Å². The van der Waals surface area contributed by atoms with E-state index >= 15 is 0 Å². The third-order valence-electron chi connectivity index (χ3n) is 9.78. The Hall–Kier alpha value is -4.83. The van der Waals surface area contributed by atoms with E-state index in [9.17, 15) is 19.8 Å². The Morgan fingerprint density at radius 2 is 1.64 bits per heavy atom. The molecule has 236 valence electrons. The highest BCUT2D eigenvalue weighted by atomic mass is 32.1. The lowest BCUT2D eigenvalue weighted by Gasteiger charge is -2.28. The van der Waals surface area contributed by atoms with E-state index in [0.717, 1.165) is 44.2 Å². The fourth-order valence-electron chi connectivity index (χ4n) is 7.21. The molecule has 2 amide bonds. The van der Waals surface area contributed by atoms with Gasteiger partial charge in [0.15, 0.2) is 12.2 Å². The Morgan fingerprint density at radius 3 is 2.38 bits per heavy atom. The molecule has 2 heterocycles. The molecule has 0 saturated heterocycles. The molecule has 4 bridgehead atoms. The highest BCUT2D eigenvalue weighted by Crippen LogP contribution is 2.56. The van der Waals surface area contributed by atoms with E-state index in [0.29, 0.717) is 19.4 Å². The van der Waals surface area contributed by atoms with Gasteiger partial charge < -0.3 is 25.0 Å². The van der Waals surface area contributed by atoms with E-state index in [2.05, 4.69) is 40.8 Å². The minimum Gasteiger partial charge on any atom is -0.380 e. The maximum atomic E-state index is 13.0. The van der Waals surface area contributed by atoms with Crippen molar-refractivity contribution in [1.82, 2.24) is 19.8 Å². The molecule has 9 heteroatoms. The maximum absolute atomic E-state index is 13.0. The number of aromatic nitrogens is 2. The molecule has 0 aliphatic heterocycles. The van der Waals surface area contributed by atoms with E-state index in [1.165, 1.54) is 38.3 Å². The Morgan fingerprint density at radius 1 is 0.957 bits per heavy atom. The molecule has 10 rings (SSSR count). The number of hydrogen-bond acceptors (Lipinski definition) is 6. The second-order valence-corrected chi connectivity index (χ2v) is 13.9. The third kappa shape index (κ3) is 4.93. The van der Waals surface area contributed by atoms with Crippen molar-refractivity contribution in [1.29, 1.82) is 0 Å². The zero-order valence-corrected chi connectivity index (χ0v) is 26.8. The second kappa shape index (κ2) is 11.5. The molecule has 2 aromatic carbocycles. The summed E-state index contributed by atoms with van der Waals surface area (Å²) in [4.78, 5) is 34.3. The summed E-state index contributed by atoms with van der Waals surface area (Å²) in [6, 6.07) is 20.0. The van der Waals surface area contributed by atoms with Crippen LogP contribution in [0.4, 0.5) is 0 Å². The number of carbonyl (C=O) groups is 2. The first kappa shape index (κ1) is 29.6. The normalized spacial score (nSPS) is 17.9. The topological polar surface area (TPSA) is 108 Å². The minimum atomic E-state index is -1.88. The molecule has 0 radical (unpaired) electrons. The van der Waals surface area contributed by atoms with Crippen molar-refractivity contribution >= 4 is 39.8 Å². The Bertz CT molecular complexity index is 2080. The molecule has 0 unspecified atom stereocenters. The molecule has 1 saturated carbocycles. The van der Waals surface area contributed by atoms with E-state index in [4.69, 9.17) is 4.98 Å². The van der Waals surface area contributed by atoms with Crippen LogP contribution < -0.4 is 5.32 Å². The van der Waals surface area contributed by atoms with Crippen LogP contribution in [0.15, 0.2) is 113 Å². The number of imidazole rings is 1. The summed E-state index contributed by atoms with van der Waals surface area (Å²) in [5.41, 5.74) is 11.5. The zero-order chi connectivity index (χ0) is 32.4. The van der Waals surface area contributed by atoms with Crippen LogP contribution in [0.25, 0.3) is 16.6 Å². The van der Waals surface area contributed by atoms with Gasteiger partial charge in [0.05, 0.1) is 24.1 Å². The van der Waals surface area contributed by atoms with Gasteiger partial charge >= 0.3 is 0 Å². The number of aliphatic hydroxyl groups excluding tert-OH is 2. The average molecular weight is 643 g/mol. The van der Waals surface area contributed by atoms with Crippen LogP contribution in [-0.2, 0) is 35.5 Å². The number of amides is 2. The molecule has 1 fully saturated rings. The first-order valence-electron chi connectivity index (χ1n) is 15.8. The molecule has 8 nitrogen and oxygen atoms in total. The lowest BCUT2D eigenvalue weighted by Crippen LogP contribution is -2.52. The summed E-state index contributed by atoms with van der Waals surface area (Å²) in [6.07, 6.45) is 5.02. The minimum absolute atomic E-state index is 0.132. The fraction of sp³-hybridized carbons (Fsp3) is 0.237. The number of thiophene rings is 1. The van der Waals surface area contributed by atoms with Gasteiger partial charge in [-0.15, -0.1) is 11.3 Å². The van der Waals surface area contributed by atoms with Gasteiger partial charge in [0.25, 0.3) is 11.8 Å². The predicted octanol–water partition coefficient (Wildman–Crippen LogP) is 4.63. The summed E-state index contributed by atoms with van der Waals surface area (Å²) in [5.74, 6) is -0.566. The molecule has 2 atom stereocenters. The average Bonchev–Trinajstić information content (AvgIpc) is 3.92. The van der Waals surface area contributed by atoms with E-state index in [1.807, 2.05) is 54.6 Å². The summed E-state index contributed by atoms with van der Waals surface area (Å²) in [5, 5.41) is 23.9. The molecular weight excluding hydrogens is 609 g/mol. The van der Waals surface area contributed by atoms with Gasteiger partial charge in [0.1, 0.15) is 5.82 Å². The van der Waals surface area contributed by atoms with Gasteiger partial charge in [-0.3, -0.25) is 9.59 Å². The molecule has 2 aromatic heterocycles. The van der Waals surface area contributed by atoms with Crippen molar-refractivity contribution in [2.75, 3.05) is 7.05 Å². The lowest BCUT2D eigenvalue weighted by atomic mass is 9.77. The summed E-state index contributed by atoms with van der Waals surface area (Å²) >= 11 is 1.55. The van der Waals surface area contributed by atoms with Crippen molar-refractivity contribution in [2.24, 2.45) is 0 Å². The third-order valence-corrected chi connectivity index (χ3v) is 10.9. The summed E-state index contributed by atoms with van der Waals surface area (Å²) in [7, 11) is 1.61. The number of nitrogens with one attached hydrogen (secondary N) is 1. The van der Waals surface area contributed by atoms with Crippen molar-refractivity contribution in [3.63, 3.8) is 0 Å². The zero-order valence-electron chi connectivity index (χ0n) is 25.9. The fourth-order valence-corrected chi connectivity index (χ4v) is 8.16. The molecule has 47 heavy (non-hydrogen) atoms. The maximum Gasteiger partial charge on any atom is 0.254 e. The number of hydrogen-bond donors (Lipinski definition) is 3. The second-order valence-electron chi connectivity index (χ2n) is 12.6. The van der Waals surface area contributed by atoms with Gasteiger partial charge in [-0.1, -0.05) is 61.2 Å². The highest BCUT2D eigenvalue weighted by molar-refractivity contribution is 7.12. The summed E-state index contributed by atoms with van der Waals surface area (Å²) in [6.45, 7) is 5.18. The van der Waals surface area contributed by atoms with Crippen LogP contribution in [0, 0.1) is 0 Å². The van der Waals surface area contributed by atoms with Crippen LogP contribution in [-0.4, -0.2) is 61.8 Å². The first-order valence-corrected chi connectivity index (χ1v) is 16.7. The van der Waals surface area contributed by atoms with Crippen molar-refractivity contribution in [2.45, 2.75) is 50.6 Å². The van der Waals surface area contributed by atoms with E-state index in [-0.39, 0.29) is 12.6 Å². The van der Waals surface area contributed by atoms with Gasteiger partial charge in [-0.2, -0.15) is 0 Å². The molecule has 6 aliphatic rings. The molecule has 6 aliphatic carbocycles. The predicted molar refractivity (Wildman–Crippen MR) is 182 cm³/mol. The van der Waals surface area contributed by atoms with Crippen molar-refractivity contribution < 1.29 is 19.8 Å². The largest absolute Gasteiger partial charge is 0.380 e. The van der Waals surface area contributed by atoms with Crippen molar-refractivity contribution in [3.8, 4) is 0 Å². The SMILES string of the molecule is C=C1CC=C2C3=CC=C2C3=C1c1nc2ccccc2n1Cc1ccc(CNC(=O)[C@H](O)[C@@H](O)C(=O)N(C)C2Cc3ccccc3C2)s1. The van der Waals surface area contributed by atoms with Crippen molar-refractivity contribution in [3.05, 3.63) is 140 Å². The lowest BCUT2D eigenvalue weighted by molar-refractivity contribution is -0.153. The number of allylic oxidation sites excluding steroid dienone is 9.